The normalized spacial score (nSPS) is 11.3. The van der Waals surface area contributed by atoms with Gasteiger partial charge in [0.05, 0.1) is 34.5 Å². The standard InChI is InChI=1S/C15H17N3O7/c1-4-5-16(9-10(2)15(20)25-3)14(19)11-6-12(17(21)22)8-13(7-11)18(23)24/h4,6-8,10H,1,5,9H2,2-3H3. The molecule has 0 bridgehead atoms. The van der Waals surface area contributed by atoms with Gasteiger partial charge in [-0.3, -0.25) is 29.8 Å². The van der Waals surface area contributed by atoms with Gasteiger partial charge in [-0.15, -0.1) is 6.58 Å². The van der Waals surface area contributed by atoms with E-state index in [1.165, 1.54) is 18.1 Å². The van der Waals surface area contributed by atoms with Crippen molar-refractivity contribution in [3.63, 3.8) is 0 Å². The number of non-ortho nitro benzene ring substituents is 2. The fraction of sp³-hybridized carbons (Fsp3) is 0.333. The summed E-state index contributed by atoms with van der Waals surface area (Å²) in [4.78, 5) is 45.6. The first-order valence-electron chi connectivity index (χ1n) is 7.13. The molecule has 134 valence electrons. The monoisotopic (exact) mass is 351 g/mol. The maximum absolute atomic E-state index is 12.6. The van der Waals surface area contributed by atoms with Crippen molar-refractivity contribution >= 4 is 23.3 Å². The van der Waals surface area contributed by atoms with Gasteiger partial charge >= 0.3 is 5.97 Å². The van der Waals surface area contributed by atoms with E-state index in [1.54, 1.807) is 6.92 Å². The summed E-state index contributed by atoms with van der Waals surface area (Å²) in [5.74, 6) is -1.88. The van der Waals surface area contributed by atoms with Crippen LogP contribution in [0.1, 0.15) is 17.3 Å². The number of hydrogen-bond acceptors (Lipinski definition) is 7. The van der Waals surface area contributed by atoms with Crippen LogP contribution < -0.4 is 0 Å². The number of amides is 1. The summed E-state index contributed by atoms with van der Waals surface area (Å²) in [6.07, 6.45) is 1.41. The fourth-order valence-electron chi connectivity index (χ4n) is 2.11. The van der Waals surface area contributed by atoms with Crippen LogP contribution in [0.5, 0.6) is 0 Å². The molecule has 0 fully saturated rings. The molecule has 1 aromatic rings. The van der Waals surface area contributed by atoms with E-state index in [2.05, 4.69) is 11.3 Å². The van der Waals surface area contributed by atoms with Crippen LogP contribution in [-0.4, -0.2) is 46.8 Å². The van der Waals surface area contributed by atoms with Gasteiger partial charge in [-0.1, -0.05) is 13.0 Å². The molecule has 10 heteroatoms. The summed E-state index contributed by atoms with van der Waals surface area (Å²) < 4.78 is 4.60. The molecule has 0 aliphatic rings. The Balaban J connectivity index is 3.23. The number of nitrogens with zero attached hydrogens (tertiary/aromatic N) is 3. The molecule has 10 nitrogen and oxygen atoms in total. The van der Waals surface area contributed by atoms with Gasteiger partial charge in [0.25, 0.3) is 17.3 Å². The molecule has 0 heterocycles. The fourth-order valence-corrected chi connectivity index (χ4v) is 2.11. The molecule has 1 amide bonds. The van der Waals surface area contributed by atoms with Crippen LogP contribution in [0.25, 0.3) is 0 Å². The molecule has 1 unspecified atom stereocenters. The van der Waals surface area contributed by atoms with E-state index in [4.69, 9.17) is 0 Å². The lowest BCUT2D eigenvalue weighted by molar-refractivity contribution is -0.394. The Bertz CT molecular complexity index is 685. The molecule has 0 aliphatic heterocycles. The molecule has 0 spiro atoms. The highest BCUT2D eigenvalue weighted by Crippen LogP contribution is 2.24. The van der Waals surface area contributed by atoms with E-state index in [0.717, 1.165) is 18.2 Å². The van der Waals surface area contributed by atoms with Crippen molar-refractivity contribution in [3.05, 3.63) is 56.6 Å². The second kappa shape index (κ2) is 8.52. The van der Waals surface area contributed by atoms with Gasteiger partial charge in [0.2, 0.25) is 0 Å². The van der Waals surface area contributed by atoms with Gasteiger partial charge in [0, 0.05) is 25.2 Å². The lowest BCUT2D eigenvalue weighted by Crippen LogP contribution is -2.37. The van der Waals surface area contributed by atoms with E-state index in [1.807, 2.05) is 0 Å². The third-order valence-electron chi connectivity index (χ3n) is 3.31. The number of methoxy groups -OCH3 is 1. The third kappa shape index (κ3) is 5.09. The number of nitro groups is 2. The van der Waals surface area contributed by atoms with Crippen molar-refractivity contribution in [1.82, 2.24) is 4.90 Å². The number of hydrogen-bond donors (Lipinski definition) is 0. The highest BCUT2D eigenvalue weighted by atomic mass is 16.6. The summed E-state index contributed by atoms with van der Waals surface area (Å²) in [5, 5.41) is 21.9. The average Bonchev–Trinajstić information content (AvgIpc) is 2.59. The molecule has 1 atom stereocenters. The topological polar surface area (TPSA) is 133 Å². The van der Waals surface area contributed by atoms with Crippen molar-refractivity contribution in [1.29, 1.82) is 0 Å². The molecule has 0 saturated heterocycles. The second-order valence-corrected chi connectivity index (χ2v) is 5.18. The molecule has 0 aliphatic carbocycles. The van der Waals surface area contributed by atoms with Gasteiger partial charge in [-0.2, -0.15) is 0 Å². The average molecular weight is 351 g/mol. The lowest BCUT2D eigenvalue weighted by Gasteiger charge is -2.23. The Labute approximate surface area is 143 Å². The van der Waals surface area contributed by atoms with Crippen molar-refractivity contribution in [2.45, 2.75) is 6.92 Å². The zero-order chi connectivity index (χ0) is 19.1. The minimum absolute atomic E-state index is 0.0337. The summed E-state index contributed by atoms with van der Waals surface area (Å²) in [6.45, 7) is 5.08. The van der Waals surface area contributed by atoms with E-state index in [9.17, 15) is 29.8 Å². The first-order valence-corrected chi connectivity index (χ1v) is 7.13. The maximum Gasteiger partial charge on any atom is 0.310 e. The van der Waals surface area contributed by atoms with Crippen molar-refractivity contribution in [2.24, 2.45) is 5.92 Å². The second-order valence-electron chi connectivity index (χ2n) is 5.18. The lowest BCUT2D eigenvalue weighted by atomic mass is 10.1. The maximum atomic E-state index is 12.6. The van der Waals surface area contributed by atoms with Crippen molar-refractivity contribution in [2.75, 3.05) is 20.2 Å². The number of esters is 1. The first-order chi connectivity index (χ1) is 11.7. The zero-order valence-corrected chi connectivity index (χ0v) is 13.7. The van der Waals surface area contributed by atoms with E-state index < -0.39 is 39.0 Å². The molecule has 25 heavy (non-hydrogen) atoms. The number of carbonyl (C=O) groups is 2. The number of ether oxygens (including phenoxy) is 1. The highest BCUT2D eigenvalue weighted by molar-refractivity contribution is 5.96. The number of nitro benzene ring substituents is 2. The predicted octanol–water partition coefficient (Wildman–Crippen LogP) is 1.94. The quantitative estimate of drug-likeness (QED) is 0.302. The third-order valence-corrected chi connectivity index (χ3v) is 3.31. The Kier molecular flexibility index (Phi) is 6.73. The molecule has 0 radical (unpaired) electrons. The molecular formula is C15H17N3O7. The molecule has 0 aromatic heterocycles. The largest absolute Gasteiger partial charge is 0.469 e. The van der Waals surface area contributed by atoms with E-state index in [0.29, 0.717) is 0 Å². The van der Waals surface area contributed by atoms with Crippen LogP contribution in [0.2, 0.25) is 0 Å². The summed E-state index contributed by atoms with van der Waals surface area (Å²) >= 11 is 0. The Morgan fingerprint density at radius 2 is 1.76 bits per heavy atom. The molecule has 0 N–H and O–H groups in total. The van der Waals surface area contributed by atoms with Gasteiger partial charge in [0.15, 0.2) is 0 Å². The number of carbonyl (C=O) groups excluding carboxylic acids is 2. The Morgan fingerprint density at radius 3 is 2.16 bits per heavy atom. The molecule has 0 saturated carbocycles. The van der Waals surface area contributed by atoms with Crippen LogP contribution in [0.15, 0.2) is 30.9 Å². The van der Waals surface area contributed by atoms with Crippen LogP contribution in [0.4, 0.5) is 11.4 Å². The summed E-state index contributed by atoms with van der Waals surface area (Å²) in [7, 11) is 1.21. The van der Waals surface area contributed by atoms with E-state index in [-0.39, 0.29) is 18.7 Å². The highest BCUT2D eigenvalue weighted by Gasteiger charge is 2.25. The van der Waals surface area contributed by atoms with Crippen LogP contribution in [0, 0.1) is 26.1 Å². The van der Waals surface area contributed by atoms with Crippen LogP contribution >= 0.6 is 0 Å². The molecule has 1 rings (SSSR count). The van der Waals surface area contributed by atoms with Gasteiger partial charge in [0.1, 0.15) is 0 Å². The van der Waals surface area contributed by atoms with Gasteiger partial charge < -0.3 is 9.64 Å². The SMILES string of the molecule is C=CCN(CC(C)C(=O)OC)C(=O)c1cc([N+](=O)[O-])cc([N+](=O)[O-])c1. The number of benzene rings is 1. The Hall–Kier alpha value is -3.30. The first kappa shape index (κ1) is 19.7. The number of rotatable bonds is 8. The van der Waals surface area contributed by atoms with Crippen LogP contribution in [-0.2, 0) is 9.53 Å². The predicted molar refractivity (Wildman–Crippen MR) is 87.0 cm³/mol. The van der Waals surface area contributed by atoms with Gasteiger partial charge in [-0.25, -0.2) is 0 Å². The van der Waals surface area contributed by atoms with Crippen molar-refractivity contribution < 1.29 is 24.2 Å². The van der Waals surface area contributed by atoms with Crippen molar-refractivity contribution in [3.8, 4) is 0 Å². The van der Waals surface area contributed by atoms with Gasteiger partial charge in [-0.05, 0) is 0 Å². The summed E-state index contributed by atoms with van der Waals surface area (Å²) in [5.41, 5.74) is -1.37. The molecule has 1 aromatic carbocycles. The summed E-state index contributed by atoms with van der Waals surface area (Å²) in [6, 6.07) is 2.67. The smallest absolute Gasteiger partial charge is 0.310 e. The zero-order valence-electron chi connectivity index (χ0n) is 13.7. The minimum Gasteiger partial charge on any atom is -0.469 e. The van der Waals surface area contributed by atoms with E-state index >= 15 is 0 Å². The van der Waals surface area contributed by atoms with Crippen LogP contribution in [0.3, 0.4) is 0 Å². The Morgan fingerprint density at radius 1 is 1.24 bits per heavy atom. The molecular weight excluding hydrogens is 334 g/mol. The minimum atomic E-state index is -0.821.